The van der Waals surface area contributed by atoms with Crippen molar-refractivity contribution in [3.05, 3.63) is 30.3 Å². The number of benzene rings is 1. The van der Waals surface area contributed by atoms with Crippen molar-refractivity contribution in [3.63, 3.8) is 0 Å². The maximum absolute atomic E-state index is 13.1. The van der Waals surface area contributed by atoms with Gasteiger partial charge in [0.1, 0.15) is 11.8 Å². The van der Waals surface area contributed by atoms with Crippen LogP contribution >= 0.6 is 7.75 Å². The van der Waals surface area contributed by atoms with Crippen LogP contribution in [0.4, 0.5) is 0 Å². The zero-order valence-corrected chi connectivity index (χ0v) is 15.4. The number of fused-ring (bicyclic) bond motifs is 3. The van der Waals surface area contributed by atoms with Gasteiger partial charge in [0.25, 0.3) is 0 Å². The van der Waals surface area contributed by atoms with Crippen LogP contribution in [-0.4, -0.2) is 53.5 Å². The fraction of sp³-hybridized carbons (Fsp3) is 0.529. The summed E-state index contributed by atoms with van der Waals surface area (Å²) < 4.78 is 24.1. The van der Waals surface area contributed by atoms with E-state index in [9.17, 15) is 14.2 Å². The number of carboxylic acid groups (broad SMARTS) is 1. The third-order valence-electron chi connectivity index (χ3n) is 4.79. The van der Waals surface area contributed by atoms with E-state index in [1.807, 2.05) is 4.90 Å². The molecule has 1 aromatic carbocycles. The van der Waals surface area contributed by atoms with Gasteiger partial charge in [-0.05, 0) is 45.0 Å². The Kier molecular flexibility index (Phi) is 5.77. The summed E-state index contributed by atoms with van der Waals surface area (Å²) in [7, 11) is -3.98. The van der Waals surface area contributed by atoms with E-state index in [4.69, 9.17) is 14.2 Å². The molecule has 8 nitrogen and oxygen atoms in total. The molecule has 0 radical (unpaired) electrons. The summed E-state index contributed by atoms with van der Waals surface area (Å²) in [5, 5.41) is 11.5. The quantitative estimate of drug-likeness (QED) is 0.657. The molecule has 0 spiro atoms. The fourth-order valence-corrected chi connectivity index (χ4v) is 4.81. The predicted octanol–water partition coefficient (Wildman–Crippen LogP) is 1.92. The monoisotopic (exact) mass is 382 g/mol. The fourth-order valence-electron chi connectivity index (χ4n) is 3.31. The van der Waals surface area contributed by atoms with Crippen LogP contribution in [0.2, 0.25) is 0 Å². The molecule has 3 atom stereocenters. The molecule has 26 heavy (non-hydrogen) atoms. The lowest BCUT2D eigenvalue weighted by Gasteiger charge is -2.43. The van der Waals surface area contributed by atoms with Gasteiger partial charge in [0.15, 0.2) is 5.78 Å². The van der Waals surface area contributed by atoms with Crippen LogP contribution in [-0.2, 0) is 18.7 Å². The van der Waals surface area contributed by atoms with E-state index in [0.29, 0.717) is 0 Å². The third-order valence-corrected chi connectivity index (χ3v) is 6.44. The molecule has 2 unspecified atom stereocenters. The Morgan fingerprint density at radius 1 is 1.35 bits per heavy atom. The minimum Gasteiger partial charge on any atom is -0.480 e. The molecular weight excluding hydrogens is 359 g/mol. The van der Waals surface area contributed by atoms with E-state index in [0.717, 1.165) is 25.9 Å². The lowest BCUT2D eigenvalue weighted by atomic mass is 9.82. The number of ketones is 1. The number of Topliss-reactive ketones (excluding diaryl/α,β-unsaturated/α-hetero) is 1. The van der Waals surface area contributed by atoms with Crippen LogP contribution in [0, 0.1) is 5.92 Å². The normalized spacial score (nSPS) is 28.3. The van der Waals surface area contributed by atoms with E-state index >= 15 is 0 Å². The van der Waals surface area contributed by atoms with E-state index in [1.165, 1.54) is 6.92 Å². The van der Waals surface area contributed by atoms with Crippen LogP contribution < -0.4 is 9.61 Å². The lowest BCUT2D eigenvalue weighted by Crippen LogP contribution is -2.57. The summed E-state index contributed by atoms with van der Waals surface area (Å²) in [5.41, 5.74) is 0. The first-order valence-corrected chi connectivity index (χ1v) is 10.2. The highest BCUT2D eigenvalue weighted by atomic mass is 31.2. The summed E-state index contributed by atoms with van der Waals surface area (Å²) in [6.07, 6.45) is 1.70. The first kappa shape index (κ1) is 19.0. The largest absolute Gasteiger partial charge is 0.480 e. The third kappa shape index (κ3) is 4.32. The van der Waals surface area contributed by atoms with Crippen LogP contribution in [0.25, 0.3) is 0 Å². The molecule has 3 aliphatic heterocycles. The molecule has 0 aromatic heterocycles. The molecule has 3 fully saturated rings. The van der Waals surface area contributed by atoms with Gasteiger partial charge in [-0.1, -0.05) is 18.2 Å². The molecule has 0 saturated carbocycles. The maximum atomic E-state index is 13.1. The number of rotatable bonds is 8. The van der Waals surface area contributed by atoms with Gasteiger partial charge in [0, 0.05) is 5.92 Å². The predicted molar refractivity (Wildman–Crippen MR) is 94.0 cm³/mol. The van der Waals surface area contributed by atoms with Crippen LogP contribution in [0.5, 0.6) is 5.75 Å². The molecule has 0 amide bonds. The Hall–Kier alpha value is -1.73. The molecule has 2 bridgehead atoms. The van der Waals surface area contributed by atoms with Gasteiger partial charge in [-0.2, -0.15) is 5.09 Å². The molecule has 4 rings (SSSR count). The Morgan fingerprint density at radius 3 is 2.58 bits per heavy atom. The van der Waals surface area contributed by atoms with E-state index in [1.54, 1.807) is 30.3 Å². The van der Waals surface area contributed by atoms with Gasteiger partial charge in [-0.15, -0.1) is 0 Å². The standard InChI is InChI=1S/C17H23N2O6P/c1-12(17(21)22)18-26(23,25-14-5-3-2-4-6-14)24-11-15-16(20)13-7-9-19(15)10-8-13/h2-6,12-13,15H,7-11H2,1H3,(H,18,23)(H,21,22)/t12?,15-,26?/m1/s1. The first-order chi connectivity index (χ1) is 12.4. The summed E-state index contributed by atoms with van der Waals surface area (Å²) in [6, 6.07) is 6.78. The molecular formula is C17H23N2O6P. The SMILES string of the molecule is CC(NP(=O)(OC[C@@H]1C(=O)C2CCN1CC2)Oc1ccccc1)C(=O)O. The molecule has 142 valence electrons. The zero-order chi connectivity index (χ0) is 18.7. The second-order valence-corrected chi connectivity index (χ2v) is 8.31. The van der Waals surface area contributed by atoms with Crippen molar-refractivity contribution in [3.8, 4) is 5.75 Å². The second-order valence-electron chi connectivity index (χ2n) is 6.62. The Morgan fingerprint density at radius 2 is 2.00 bits per heavy atom. The average Bonchev–Trinajstić information content (AvgIpc) is 2.62. The summed E-state index contributed by atoms with van der Waals surface area (Å²) in [6.45, 7) is 2.88. The average molecular weight is 382 g/mol. The van der Waals surface area contributed by atoms with Gasteiger partial charge in [0.2, 0.25) is 0 Å². The number of hydrogen-bond donors (Lipinski definition) is 2. The number of carboxylic acids is 1. The molecule has 3 aliphatic rings. The number of para-hydroxylation sites is 1. The van der Waals surface area contributed by atoms with Crippen LogP contribution in [0.3, 0.4) is 0 Å². The number of nitrogens with zero attached hydrogens (tertiary/aromatic N) is 1. The van der Waals surface area contributed by atoms with Gasteiger partial charge < -0.3 is 9.63 Å². The number of hydrogen-bond acceptors (Lipinski definition) is 6. The van der Waals surface area contributed by atoms with Crippen molar-refractivity contribution in [2.45, 2.75) is 31.8 Å². The Balaban J connectivity index is 1.71. The molecule has 1 aromatic rings. The summed E-state index contributed by atoms with van der Waals surface area (Å²) >= 11 is 0. The highest BCUT2D eigenvalue weighted by molar-refractivity contribution is 7.52. The molecule has 2 N–H and O–H groups in total. The zero-order valence-electron chi connectivity index (χ0n) is 14.5. The maximum Gasteiger partial charge on any atom is 0.459 e. The number of carbonyl (C=O) groups is 2. The number of piperidine rings is 3. The Bertz CT molecular complexity index is 704. The van der Waals surface area contributed by atoms with E-state index in [2.05, 4.69) is 5.09 Å². The van der Waals surface area contributed by atoms with Crippen molar-refractivity contribution in [2.75, 3.05) is 19.7 Å². The van der Waals surface area contributed by atoms with Crippen molar-refractivity contribution < 1.29 is 28.3 Å². The minimum atomic E-state index is -3.98. The highest BCUT2D eigenvalue weighted by Crippen LogP contribution is 2.45. The molecule has 3 heterocycles. The highest BCUT2D eigenvalue weighted by Gasteiger charge is 2.43. The van der Waals surface area contributed by atoms with Crippen LogP contribution in [0.1, 0.15) is 19.8 Å². The first-order valence-electron chi connectivity index (χ1n) is 8.65. The lowest BCUT2D eigenvalue weighted by molar-refractivity contribution is -0.139. The van der Waals surface area contributed by atoms with Gasteiger partial charge in [-0.3, -0.25) is 19.0 Å². The topological polar surface area (TPSA) is 105 Å². The Labute approximate surface area is 152 Å². The molecule has 3 saturated heterocycles. The number of carbonyl (C=O) groups excluding carboxylic acids is 1. The van der Waals surface area contributed by atoms with Gasteiger partial charge in [-0.25, -0.2) is 4.57 Å². The van der Waals surface area contributed by atoms with Crippen molar-refractivity contribution >= 4 is 19.5 Å². The van der Waals surface area contributed by atoms with E-state index in [-0.39, 0.29) is 24.1 Å². The van der Waals surface area contributed by atoms with Crippen molar-refractivity contribution in [1.29, 1.82) is 0 Å². The minimum absolute atomic E-state index is 0.0360. The summed E-state index contributed by atoms with van der Waals surface area (Å²) in [5.74, 6) is -0.756. The van der Waals surface area contributed by atoms with Gasteiger partial charge in [0.05, 0.1) is 12.6 Å². The van der Waals surface area contributed by atoms with Crippen LogP contribution in [0.15, 0.2) is 30.3 Å². The second kappa shape index (κ2) is 7.88. The van der Waals surface area contributed by atoms with Crippen molar-refractivity contribution in [2.24, 2.45) is 5.92 Å². The number of nitrogens with one attached hydrogen (secondary N) is 1. The van der Waals surface area contributed by atoms with E-state index < -0.39 is 25.8 Å². The van der Waals surface area contributed by atoms with Crippen molar-refractivity contribution in [1.82, 2.24) is 9.99 Å². The van der Waals surface area contributed by atoms with Gasteiger partial charge >= 0.3 is 13.7 Å². The molecule has 0 aliphatic carbocycles. The molecule has 9 heteroatoms. The number of aliphatic carboxylic acids is 1. The summed E-state index contributed by atoms with van der Waals surface area (Å²) in [4.78, 5) is 25.6. The smallest absolute Gasteiger partial charge is 0.459 e.